The molecule has 1 fully saturated rings. The Morgan fingerprint density at radius 1 is 1.44 bits per heavy atom. The molecule has 0 saturated carbocycles. The predicted molar refractivity (Wildman–Crippen MR) is 66.0 cm³/mol. The monoisotopic (exact) mass is 275 g/mol. The highest BCUT2D eigenvalue weighted by atomic mass is 32.2. The molecule has 0 bridgehead atoms. The minimum absolute atomic E-state index is 0.234. The average Bonchev–Trinajstić information content (AvgIpc) is 2.84. The molecule has 98 valence electrons. The van der Waals surface area contributed by atoms with Gasteiger partial charge < -0.3 is 10.2 Å². The summed E-state index contributed by atoms with van der Waals surface area (Å²) in [6.45, 7) is 0.896. The van der Waals surface area contributed by atoms with Crippen LogP contribution in [-0.4, -0.2) is 31.3 Å². The van der Waals surface area contributed by atoms with E-state index in [1.165, 1.54) is 0 Å². The van der Waals surface area contributed by atoms with Crippen molar-refractivity contribution in [3.63, 3.8) is 0 Å². The number of fused-ring (bicyclic) bond motifs is 3. The Morgan fingerprint density at radius 3 is 3.06 bits per heavy atom. The zero-order chi connectivity index (χ0) is 12.8. The van der Waals surface area contributed by atoms with E-state index in [0.717, 1.165) is 23.7 Å². The van der Waals surface area contributed by atoms with Crippen molar-refractivity contribution in [2.45, 2.75) is 16.6 Å². The largest absolute Gasteiger partial charge is 0.405 e. The Kier molecular flexibility index (Phi) is 2.82. The molecule has 2 aliphatic heterocycles. The molecule has 0 radical (unpaired) electrons. The van der Waals surface area contributed by atoms with Crippen molar-refractivity contribution in [2.75, 3.05) is 29.9 Å². The average molecular weight is 275 g/mol. The number of hydrogen-bond donors (Lipinski definition) is 2. The molecule has 1 saturated heterocycles. The Bertz CT molecular complexity index is 463. The predicted octanol–water partition coefficient (Wildman–Crippen LogP) is 2.46. The maximum atomic E-state index is 12.1. The first-order valence-corrected chi connectivity index (χ1v) is 6.52. The summed E-state index contributed by atoms with van der Waals surface area (Å²) < 4.78 is 36.4. The van der Waals surface area contributed by atoms with Crippen LogP contribution in [-0.2, 0) is 0 Å². The second kappa shape index (κ2) is 4.24. The van der Waals surface area contributed by atoms with Gasteiger partial charge in [-0.2, -0.15) is 13.2 Å². The highest BCUT2D eigenvalue weighted by molar-refractivity contribution is 8.00. The molecule has 1 unspecified atom stereocenters. The van der Waals surface area contributed by atoms with E-state index in [1.54, 1.807) is 23.9 Å². The van der Waals surface area contributed by atoms with Gasteiger partial charge in [0, 0.05) is 23.7 Å². The minimum atomic E-state index is -4.19. The molecule has 1 aromatic rings. The van der Waals surface area contributed by atoms with Crippen molar-refractivity contribution in [1.29, 1.82) is 0 Å². The van der Waals surface area contributed by atoms with Gasteiger partial charge in [0.1, 0.15) is 12.0 Å². The fraction of sp³-hybridized carbons (Fsp3) is 0.455. The lowest BCUT2D eigenvalue weighted by Crippen LogP contribution is -2.28. The summed E-state index contributed by atoms with van der Waals surface area (Å²) in [5.41, 5.74) is 1.85. The van der Waals surface area contributed by atoms with Gasteiger partial charge in [0.2, 0.25) is 0 Å². The molecular formula is C11H12F3N3S. The molecule has 2 N–H and O–H groups in total. The molecule has 0 aliphatic carbocycles. The third-order valence-electron chi connectivity index (χ3n) is 2.96. The Hall–Kier alpha value is -1.08. The highest BCUT2D eigenvalue weighted by Crippen LogP contribution is 2.44. The number of benzene rings is 1. The molecule has 0 spiro atoms. The van der Waals surface area contributed by atoms with Gasteiger partial charge in [0.15, 0.2) is 0 Å². The molecule has 3 nitrogen and oxygen atoms in total. The van der Waals surface area contributed by atoms with Gasteiger partial charge >= 0.3 is 6.18 Å². The molecule has 2 heterocycles. The van der Waals surface area contributed by atoms with Crippen molar-refractivity contribution in [3.05, 3.63) is 18.2 Å². The van der Waals surface area contributed by atoms with E-state index in [2.05, 4.69) is 15.5 Å². The number of anilines is 2. The normalized spacial score (nSPS) is 21.9. The topological polar surface area (TPSA) is 27.3 Å². The van der Waals surface area contributed by atoms with Gasteiger partial charge in [-0.25, -0.2) is 0 Å². The lowest BCUT2D eigenvalue weighted by Gasteiger charge is -2.16. The third kappa shape index (κ3) is 2.24. The van der Waals surface area contributed by atoms with E-state index >= 15 is 0 Å². The van der Waals surface area contributed by atoms with Crippen LogP contribution in [0.4, 0.5) is 24.5 Å². The standard InChI is InChI=1S/C11H12F3N3S/c12-11(13,14)6-16-7-1-2-8-9(5-7)18-10-15-3-4-17(8)10/h1-2,5,10,15-16H,3-4,6H2. The number of alkyl halides is 3. The maximum absolute atomic E-state index is 12.1. The van der Waals surface area contributed by atoms with Crippen molar-refractivity contribution < 1.29 is 13.2 Å². The molecular weight excluding hydrogens is 263 g/mol. The second-order valence-electron chi connectivity index (χ2n) is 4.27. The van der Waals surface area contributed by atoms with Crippen LogP contribution in [0.15, 0.2) is 23.1 Å². The highest BCUT2D eigenvalue weighted by Gasteiger charge is 2.33. The van der Waals surface area contributed by atoms with Crippen LogP contribution < -0.4 is 15.5 Å². The molecule has 18 heavy (non-hydrogen) atoms. The van der Waals surface area contributed by atoms with Crippen LogP contribution in [0.25, 0.3) is 0 Å². The van der Waals surface area contributed by atoms with Crippen LogP contribution in [0.2, 0.25) is 0 Å². The number of hydrogen-bond acceptors (Lipinski definition) is 4. The van der Waals surface area contributed by atoms with Crippen molar-refractivity contribution >= 4 is 23.1 Å². The Labute approximate surface area is 107 Å². The maximum Gasteiger partial charge on any atom is 0.405 e. The zero-order valence-electron chi connectivity index (χ0n) is 9.42. The van der Waals surface area contributed by atoms with Crippen LogP contribution >= 0.6 is 11.8 Å². The lowest BCUT2D eigenvalue weighted by atomic mass is 10.2. The molecule has 0 aromatic heterocycles. The molecule has 3 rings (SSSR count). The molecule has 7 heteroatoms. The number of thioether (sulfide) groups is 1. The van der Waals surface area contributed by atoms with Crippen LogP contribution in [0.5, 0.6) is 0 Å². The van der Waals surface area contributed by atoms with Gasteiger partial charge in [0.25, 0.3) is 0 Å². The summed E-state index contributed by atoms with van der Waals surface area (Å²) >= 11 is 1.65. The van der Waals surface area contributed by atoms with E-state index < -0.39 is 12.7 Å². The van der Waals surface area contributed by atoms with Crippen molar-refractivity contribution in [2.24, 2.45) is 0 Å². The minimum Gasteiger partial charge on any atom is -0.376 e. The number of nitrogens with one attached hydrogen (secondary N) is 2. The molecule has 2 aliphatic rings. The summed E-state index contributed by atoms with van der Waals surface area (Å²) in [5, 5.41) is 5.73. The number of halogens is 3. The van der Waals surface area contributed by atoms with Gasteiger partial charge in [-0.15, -0.1) is 0 Å². The van der Waals surface area contributed by atoms with E-state index in [4.69, 9.17) is 0 Å². The zero-order valence-corrected chi connectivity index (χ0v) is 10.2. The fourth-order valence-corrected chi connectivity index (χ4v) is 3.46. The van der Waals surface area contributed by atoms with Crippen LogP contribution in [0.1, 0.15) is 0 Å². The van der Waals surface area contributed by atoms with Gasteiger partial charge in [0.05, 0.1) is 5.69 Å². The van der Waals surface area contributed by atoms with Crippen LogP contribution in [0, 0.1) is 0 Å². The number of nitrogens with zero attached hydrogens (tertiary/aromatic N) is 1. The van der Waals surface area contributed by atoms with E-state index in [1.807, 2.05) is 6.07 Å². The molecule has 0 amide bonds. The first kappa shape index (κ1) is 12.0. The van der Waals surface area contributed by atoms with Gasteiger partial charge in [-0.3, -0.25) is 5.32 Å². The first-order valence-electron chi connectivity index (χ1n) is 5.64. The summed E-state index contributed by atoms with van der Waals surface area (Å²) in [4.78, 5) is 3.26. The summed E-state index contributed by atoms with van der Waals surface area (Å²) in [7, 11) is 0. The summed E-state index contributed by atoms with van der Waals surface area (Å²) in [6.07, 6.45) is -4.19. The first-order chi connectivity index (χ1) is 8.53. The smallest absolute Gasteiger partial charge is 0.376 e. The quantitative estimate of drug-likeness (QED) is 0.867. The van der Waals surface area contributed by atoms with E-state index in [0.29, 0.717) is 5.69 Å². The fourth-order valence-electron chi connectivity index (χ4n) is 2.17. The summed E-state index contributed by atoms with van der Waals surface area (Å²) in [6, 6.07) is 5.37. The summed E-state index contributed by atoms with van der Waals surface area (Å²) in [5.74, 6) is 0. The van der Waals surface area contributed by atoms with Gasteiger partial charge in [-0.1, -0.05) is 11.8 Å². The third-order valence-corrected chi connectivity index (χ3v) is 4.18. The molecule has 1 aromatic carbocycles. The lowest BCUT2D eigenvalue weighted by molar-refractivity contribution is -0.115. The Morgan fingerprint density at radius 2 is 2.28 bits per heavy atom. The van der Waals surface area contributed by atoms with Crippen LogP contribution in [0.3, 0.4) is 0 Å². The second-order valence-corrected chi connectivity index (χ2v) is 5.39. The van der Waals surface area contributed by atoms with E-state index in [-0.39, 0.29) is 5.50 Å². The Balaban J connectivity index is 1.75. The van der Waals surface area contributed by atoms with E-state index in [9.17, 15) is 13.2 Å². The van der Waals surface area contributed by atoms with Crippen molar-refractivity contribution in [3.8, 4) is 0 Å². The SMILES string of the molecule is FC(F)(F)CNc1ccc2c(c1)SC1NCCN21. The number of rotatable bonds is 2. The van der Waals surface area contributed by atoms with Gasteiger partial charge in [-0.05, 0) is 18.2 Å². The van der Waals surface area contributed by atoms with Crippen molar-refractivity contribution in [1.82, 2.24) is 5.32 Å². The molecule has 1 atom stereocenters.